The fourth-order valence-corrected chi connectivity index (χ4v) is 6.16. The van der Waals surface area contributed by atoms with Crippen molar-refractivity contribution in [3.8, 4) is 11.5 Å². The Bertz CT molecular complexity index is 989. The monoisotopic (exact) mass is 416 g/mol. The number of carbonyl (C=O) groups is 1. The van der Waals surface area contributed by atoms with E-state index in [-0.39, 0.29) is 30.0 Å². The fourth-order valence-electron chi connectivity index (χ4n) is 4.17. The third-order valence-corrected chi connectivity index (χ3v) is 7.30. The molecule has 2 fully saturated rings. The molecule has 2 atom stereocenters. The van der Waals surface area contributed by atoms with E-state index in [4.69, 9.17) is 9.47 Å². The lowest BCUT2D eigenvalue weighted by Crippen LogP contribution is -2.61. The van der Waals surface area contributed by atoms with Crippen molar-refractivity contribution in [2.24, 2.45) is 0 Å². The summed E-state index contributed by atoms with van der Waals surface area (Å²) in [7, 11) is -0.0299. The lowest BCUT2D eigenvalue weighted by atomic mass is 10.0. The summed E-state index contributed by atoms with van der Waals surface area (Å²) in [4.78, 5) is 16.7. The number of piperazine rings is 1. The van der Waals surface area contributed by atoms with Crippen LogP contribution in [-0.4, -0.2) is 63.6 Å². The Morgan fingerprint density at radius 1 is 0.897 bits per heavy atom. The Balaban J connectivity index is 1.61. The van der Waals surface area contributed by atoms with Crippen LogP contribution in [0.2, 0.25) is 0 Å². The number of benzene rings is 2. The van der Waals surface area contributed by atoms with Crippen LogP contribution in [0.4, 0.5) is 5.69 Å². The van der Waals surface area contributed by atoms with Crippen LogP contribution in [0.25, 0.3) is 0 Å². The first kappa shape index (κ1) is 19.7. The van der Waals surface area contributed by atoms with Gasteiger partial charge in [-0.05, 0) is 42.0 Å². The van der Waals surface area contributed by atoms with Gasteiger partial charge in [-0.2, -0.15) is 0 Å². The van der Waals surface area contributed by atoms with E-state index in [0.29, 0.717) is 18.0 Å². The highest BCUT2D eigenvalue weighted by Gasteiger charge is 2.49. The van der Waals surface area contributed by atoms with Crippen LogP contribution in [0.15, 0.2) is 48.5 Å². The highest BCUT2D eigenvalue weighted by molar-refractivity contribution is 7.91. The smallest absolute Gasteiger partial charge is 0.241 e. The maximum absolute atomic E-state index is 13.0. The minimum atomic E-state index is -3.22. The fraction of sp³-hybridized carbons (Fsp3) is 0.381. The van der Waals surface area contributed by atoms with Gasteiger partial charge in [0.1, 0.15) is 11.5 Å². The highest BCUT2D eigenvalue weighted by atomic mass is 32.2. The molecule has 2 aromatic carbocycles. The SMILES string of the molecule is COc1ccc(CN2CC(=O)N(c3ccc(OC)cc3)[C@H]3CS(=O)(=O)C[C@@H]32)cc1. The van der Waals surface area contributed by atoms with Crippen molar-refractivity contribution < 1.29 is 22.7 Å². The molecule has 7 nitrogen and oxygen atoms in total. The second-order valence-corrected chi connectivity index (χ2v) is 9.58. The second kappa shape index (κ2) is 7.68. The molecule has 0 N–H and O–H groups in total. The van der Waals surface area contributed by atoms with E-state index in [1.54, 1.807) is 43.4 Å². The summed E-state index contributed by atoms with van der Waals surface area (Å²) in [6.07, 6.45) is 0. The summed E-state index contributed by atoms with van der Waals surface area (Å²) >= 11 is 0. The van der Waals surface area contributed by atoms with Crippen molar-refractivity contribution in [2.75, 3.05) is 37.2 Å². The molecule has 2 aliphatic heterocycles. The highest BCUT2D eigenvalue weighted by Crippen LogP contribution is 2.33. The van der Waals surface area contributed by atoms with Gasteiger partial charge >= 0.3 is 0 Å². The Hall–Kier alpha value is -2.58. The largest absolute Gasteiger partial charge is 0.497 e. The Morgan fingerprint density at radius 3 is 2.03 bits per heavy atom. The lowest BCUT2D eigenvalue weighted by Gasteiger charge is -2.43. The van der Waals surface area contributed by atoms with Crippen molar-refractivity contribution in [3.63, 3.8) is 0 Å². The van der Waals surface area contributed by atoms with Gasteiger partial charge in [-0.3, -0.25) is 9.69 Å². The van der Waals surface area contributed by atoms with Crippen LogP contribution < -0.4 is 14.4 Å². The molecule has 4 rings (SSSR count). The predicted octanol–water partition coefficient (Wildman–Crippen LogP) is 1.72. The zero-order chi connectivity index (χ0) is 20.6. The van der Waals surface area contributed by atoms with Gasteiger partial charge in [0, 0.05) is 18.3 Å². The van der Waals surface area contributed by atoms with Gasteiger partial charge < -0.3 is 14.4 Å². The van der Waals surface area contributed by atoms with E-state index in [1.165, 1.54) is 0 Å². The average molecular weight is 416 g/mol. The van der Waals surface area contributed by atoms with Crippen molar-refractivity contribution in [2.45, 2.75) is 18.6 Å². The second-order valence-electron chi connectivity index (χ2n) is 7.43. The summed E-state index contributed by atoms with van der Waals surface area (Å²) in [5.74, 6) is 1.40. The molecule has 2 saturated heterocycles. The van der Waals surface area contributed by atoms with E-state index in [0.717, 1.165) is 11.3 Å². The normalized spacial score (nSPS) is 23.7. The summed E-state index contributed by atoms with van der Waals surface area (Å²) in [5, 5.41) is 0. The van der Waals surface area contributed by atoms with Crippen molar-refractivity contribution in [1.82, 2.24) is 4.90 Å². The Labute approximate surface area is 170 Å². The topological polar surface area (TPSA) is 76.2 Å². The molecule has 8 heteroatoms. The molecule has 0 aromatic heterocycles. The van der Waals surface area contributed by atoms with Crippen LogP contribution >= 0.6 is 0 Å². The summed E-state index contributed by atoms with van der Waals surface area (Å²) in [6.45, 7) is 0.692. The predicted molar refractivity (Wildman–Crippen MR) is 110 cm³/mol. The van der Waals surface area contributed by atoms with E-state index < -0.39 is 15.9 Å². The minimum absolute atomic E-state index is 0.0193. The quantitative estimate of drug-likeness (QED) is 0.739. The molecule has 2 aliphatic rings. The van der Waals surface area contributed by atoms with Crippen molar-refractivity contribution in [1.29, 1.82) is 0 Å². The molecule has 0 unspecified atom stereocenters. The zero-order valence-corrected chi connectivity index (χ0v) is 17.3. The molecule has 1 amide bonds. The number of fused-ring (bicyclic) bond motifs is 1. The number of amides is 1. The molecule has 0 radical (unpaired) electrons. The molecular formula is C21H24N2O5S. The third-order valence-electron chi connectivity index (χ3n) is 5.60. The maximum atomic E-state index is 13.0. The number of carbonyl (C=O) groups excluding carboxylic acids is 1. The number of methoxy groups -OCH3 is 2. The zero-order valence-electron chi connectivity index (χ0n) is 16.4. The molecular weight excluding hydrogens is 392 g/mol. The number of rotatable bonds is 5. The summed E-state index contributed by atoms with van der Waals surface area (Å²) in [6, 6.07) is 14.2. The molecule has 2 aromatic rings. The number of hydrogen-bond acceptors (Lipinski definition) is 6. The molecule has 0 saturated carbocycles. The van der Waals surface area contributed by atoms with E-state index >= 15 is 0 Å². The number of anilines is 1. The number of sulfone groups is 1. The summed E-state index contributed by atoms with van der Waals surface area (Å²) < 4.78 is 35.3. The minimum Gasteiger partial charge on any atom is -0.497 e. The van der Waals surface area contributed by atoms with Gasteiger partial charge in [0.25, 0.3) is 0 Å². The molecule has 0 spiro atoms. The molecule has 0 bridgehead atoms. The van der Waals surface area contributed by atoms with Crippen LogP contribution in [0.5, 0.6) is 11.5 Å². The van der Waals surface area contributed by atoms with Crippen molar-refractivity contribution in [3.05, 3.63) is 54.1 Å². The van der Waals surface area contributed by atoms with Gasteiger partial charge in [-0.25, -0.2) is 8.42 Å². The standard InChI is InChI=1S/C21H24N2O5S/c1-27-17-7-3-15(4-8-17)11-22-12-21(24)23(16-5-9-18(28-2)10-6-16)20-14-29(25,26)13-19(20)22/h3-10,19-20H,11-14H2,1-2H3/t19-,20-/m0/s1. The first-order valence-corrected chi connectivity index (χ1v) is 11.3. The van der Waals surface area contributed by atoms with Gasteiger partial charge in [0.2, 0.25) is 5.91 Å². The first-order chi connectivity index (χ1) is 13.9. The first-order valence-electron chi connectivity index (χ1n) is 9.44. The molecule has 0 aliphatic carbocycles. The van der Waals surface area contributed by atoms with Crippen LogP contribution in [0, 0.1) is 0 Å². The van der Waals surface area contributed by atoms with Gasteiger partial charge in [0.15, 0.2) is 9.84 Å². The van der Waals surface area contributed by atoms with Crippen molar-refractivity contribution >= 4 is 21.4 Å². The maximum Gasteiger partial charge on any atom is 0.241 e. The van der Waals surface area contributed by atoms with E-state index in [1.807, 2.05) is 29.2 Å². The third kappa shape index (κ3) is 3.95. The van der Waals surface area contributed by atoms with Crippen LogP contribution in [0.3, 0.4) is 0 Å². The van der Waals surface area contributed by atoms with Crippen LogP contribution in [-0.2, 0) is 21.2 Å². The number of ether oxygens (including phenoxy) is 2. The Morgan fingerprint density at radius 2 is 1.45 bits per heavy atom. The average Bonchev–Trinajstić information content (AvgIpc) is 3.04. The van der Waals surface area contributed by atoms with Crippen LogP contribution in [0.1, 0.15) is 5.56 Å². The van der Waals surface area contributed by atoms with Gasteiger partial charge in [0.05, 0.1) is 38.3 Å². The molecule has 154 valence electrons. The summed E-state index contributed by atoms with van der Waals surface area (Å²) in [5.41, 5.74) is 1.71. The van der Waals surface area contributed by atoms with E-state index in [2.05, 4.69) is 0 Å². The number of hydrogen-bond donors (Lipinski definition) is 0. The van der Waals surface area contributed by atoms with Gasteiger partial charge in [-0.15, -0.1) is 0 Å². The number of nitrogens with zero attached hydrogens (tertiary/aromatic N) is 2. The Kier molecular flexibility index (Phi) is 5.23. The van der Waals surface area contributed by atoms with Gasteiger partial charge in [-0.1, -0.05) is 12.1 Å². The lowest BCUT2D eigenvalue weighted by molar-refractivity contribution is -0.123. The molecule has 2 heterocycles. The molecule has 29 heavy (non-hydrogen) atoms. The van der Waals surface area contributed by atoms with E-state index in [9.17, 15) is 13.2 Å².